The average molecular weight is 460 g/mol. The molecule has 0 saturated carbocycles. The van der Waals surface area contributed by atoms with Crippen molar-refractivity contribution < 1.29 is 19.1 Å². The van der Waals surface area contributed by atoms with E-state index in [0.29, 0.717) is 4.90 Å². The molecule has 0 radical (unpaired) electrons. The predicted molar refractivity (Wildman–Crippen MR) is 124 cm³/mol. The largest absolute Gasteiger partial charge is 0.449 e. The molecule has 2 amide bonds. The maximum Gasteiger partial charge on any atom is 0.424 e. The molecule has 0 atom stereocenters. The standard InChI is InChI=1S/C25H25N5O4/c1-6-33-23(31)30(24(32)34-7-2)22(18(15-27)16-28)17(14-26)12-13-21-25(3,4)19-10-8-9-11-20(19)29(21)5/h8-13H,6-7H2,1-5H3/b17-12+,21-13+. The predicted octanol–water partition coefficient (Wildman–Crippen LogP) is 4.66. The van der Waals surface area contributed by atoms with Crippen molar-refractivity contribution in [3.05, 3.63) is 64.5 Å². The molecular formula is C25H25N5O4. The van der Waals surface area contributed by atoms with E-state index in [0.717, 1.165) is 16.9 Å². The zero-order valence-corrected chi connectivity index (χ0v) is 19.7. The Hall–Kier alpha value is -4.55. The SMILES string of the molecule is CCOC(=O)N(C(=O)OCC)C(=C(C#N)C#N)/C(C#N)=C/C=C1/N(C)c2ccccc2C1(C)C. The molecule has 0 aliphatic carbocycles. The Morgan fingerprint density at radius 3 is 2.06 bits per heavy atom. The van der Waals surface area contributed by atoms with Crippen LogP contribution in [-0.2, 0) is 14.9 Å². The van der Waals surface area contributed by atoms with Crippen LogP contribution in [0, 0.1) is 34.0 Å². The first kappa shape index (κ1) is 25.7. The van der Waals surface area contributed by atoms with Gasteiger partial charge in [0, 0.05) is 23.8 Å². The molecule has 1 aliphatic heterocycles. The number of rotatable bonds is 5. The van der Waals surface area contributed by atoms with Crippen LogP contribution in [-0.4, -0.2) is 37.3 Å². The molecule has 9 heteroatoms. The van der Waals surface area contributed by atoms with Gasteiger partial charge in [-0.2, -0.15) is 20.7 Å². The van der Waals surface area contributed by atoms with Gasteiger partial charge in [-0.15, -0.1) is 0 Å². The van der Waals surface area contributed by atoms with Crippen LogP contribution in [0.5, 0.6) is 0 Å². The second-order valence-corrected chi connectivity index (χ2v) is 7.63. The van der Waals surface area contributed by atoms with Gasteiger partial charge in [-0.05, 0) is 37.6 Å². The molecule has 1 aromatic carbocycles. The zero-order chi connectivity index (χ0) is 25.5. The third-order valence-electron chi connectivity index (χ3n) is 5.31. The number of nitrogens with zero attached hydrogens (tertiary/aromatic N) is 5. The number of carbonyl (C=O) groups excluding carboxylic acids is 2. The van der Waals surface area contributed by atoms with Gasteiger partial charge in [0.05, 0.1) is 18.8 Å². The number of hydrogen-bond acceptors (Lipinski definition) is 8. The third kappa shape index (κ3) is 4.77. The highest BCUT2D eigenvalue weighted by atomic mass is 16.6. The normalized spacial score (nSPS) is 14.8. The third-order valence-corrected chi connectivity index (χ3v) is 5.31. The molecule has 0 bridgehead atoms. The summed E-state index contributed by atoms with van der Waals surface area (Å²) in [5.74, 6) is 0. The van der Waals surface area contributed by atoms with Crippen LogP contribution in [0.15, 0.2) is 59.0 Å². The molecule has 0 saturated heterocycles. The number of nitriles is 3. The number of fused-ring (bicyclic) bond motifs is 1. The lowest BCUT2D eigenvalue weighted by atomic mass is 9.83. The molecule has 34 heavy (non-hydrogen) atoms. The van der Waals surface area contributed by atoms with Crippen molar-refractivity contribution in [1.29, 1.82) is 15.8 Å². The van der Waals surface area contributed by atoms with Crippen LogP contribution in [0.1, 0.15) is 33.3 Å². The second kappa shape index (κ2) is 10.8. The molecule has 9 nitrogen and oxygen atoms in total. The van der Waals surface area contributed by atoms with Crippen LogP contribution in [0.3, 0.4) is 0 Å². The van der Waals surface area contributed by atoms with Crippen molar-refractivity contribution in [3.8, 4) is 18.2 Å². The van der Waals surface area contributed by atoms with E-state index in [9.17, 15) is 25.4 Å². The number of benzene rings is 1. The van der Waals surface area contributed by atoms with Crippen LogP contribution in [0.2, 0.25) is 0 Å². The van der Waals surface area contributed by atoms with Crippen molar-refractivity contribution in [3.63, 3.8) is 0 Å². The number of hydrogen-bond donors (Lipinski definition) is 0. The number of amides is 2. The summed E-state index contributed by atoms with van der Waals surface area (Å²) in [6, 6.07) is 13.0. The lowest BCUT2D eigenvalue weighted by Gasteiger charge is -2.24. The smallest absolute Gasteiger partial charge is 0.424 e. The Labute approximate surface area is 199 Å². The highest BCUT2D eigenvalue weighted by Crippen LogP contribution is 2.46. The number of anilines is 1. The fourth-order valence-corrected chi connectivity index (χ4v) is 3.76. The fraction of sp³-hybridized carbons (Fsp3) is 0.320. The van der Waals surface area contributed by atoms with Gasteiger partial charge in [0.1, 0.15) is 23.9 Å². The van der Waals surface area contributed by atoms with Gasteiger partial charge in [-0.1, -0.05) is 32.0 Å². The van der Waals surface area contributed by atoms with Crippen molar-refractivity contribution in [1.82, 2.24) is 4.90 Å². The quantitative estimate of drug-likeness (QED) is 0.459. The molecule has 2 rings (SSSR count). The molecule has 0 fully saturated rings. The van der Waals surface area contributed by atoms with E-state index in [-0.39, 0.29) is 18.8 Å². The van der Waals surface area contributed by atoms with Crippen LogP contribution in [0.25, 0.3) is 0 Å². The highest BCUT2D eigenvalue weighted by Gasteiger charge is 2.38. The molecular weight excluding hydrogens is 434 g/mol. The molecule has 0 unspecified atom stereocenters. The monoisotopic (exact) mass is 459 g/mol. The van der Waals surface area contributed by atoms with E-state index < -0.39 is 28.9 Å². The van der Waals surface area contributed by atoms with Crippen molar-refractivity contribution in [2.45, 2.75) is 33.1 Å². The molecule has 1 aliphatic rings. The summed E-state index contributed by atoms with van der Waals surface area (Å²) in [6.45, 7) is 6.95. The maximum absolute atomic E-state index is 12.6. The number of likely N-dealkylation sites (N-methyl/N-ethyl adjacent to an activating group) is 1. The van der Waals surface area contributed by atoms with Crippen LogP contribution in [0.4, 0.5) is 15.3 Å². The maximum atomic E-state index is 12.6. The minimum absolute atomic E-state index is 0.0800. The van der Waals surface area contributed by atoms with Crippen LogP contribution >= 0.6 is 0 Å². The first-order chi connectivity index (χ1) is 16.2. The Bertz CT molecular complexity index is 1170. The van der Waals surface area contributed by atoms with Gasteiger partial charge in [0.2, 0.25) is 0 Å². The number of para-hydroxylation sites is 1. The number of allylic oxidation sites excluding steroid dienone is 5. The first-order valence-electron chi connectivity index (χ1n) is 10.5. The molecule has 1 heterocycles. The van der Waals surface area contributed by atoms with Crippen molar-refractivity contribution in [2.24, 2.45) is 0 Å². The minimum atomic E-state index is -1.17. The Balaban J connectivity index is 2.72. The molecule has 0 N–H and O–H groups in total. The van der Waals surface area contributed by atoms with E-state index in [1.165, 1.54) is 19.9 Å². The highest BCUT2D eigenvalue weighted by molar-refractivity contribution is 5.92. The fourth-order valence-electron chi connectivity index (χ4n) is 3.76. The molecule has 174 valence electrons. The van der Waals surface area contributed by atoms with Crippen LogP contribution < -0.4 is 4.90 Å². The summed E-state index contributed by atoms with van der Waals surface area (Å²) < 4.78 is 9.86. The Morgan fingerprint density at radius 2 is 1.59 bits per heavy atom. The summed E-state index contributed by atoms with van der Waals surface area (Å²) in [7, 11) is 1.88. The van der Waals surface area contributed by atoms with E-state index in [1.807, 2.05) is 56.1 Å². The lowest BCUT2D eigenvalue weighted by Crippen LogP contribution is -2.38. The molecule has 0 aromatic heterocycles. The van der Waals surface area contributed by atoms with Gasteiger partial charge in [0.15, 0.2) is 5.57 Å². The summed E-state index contributed by atoms with van der Waals surface area (Å²) in [6.07, 6.45) is 0.700. The number of ether oxygens (including phenoxy) is 2. The Kier molecular flexibility index (Phi) is 8.20. The number of carbonyl (C=O) groups is 2. The van der Waals surface area contributed by atoms with Gasteiger partial charge in [-0.3, -0.25) is 0 Å². The van der Waals surface area contributed by atoms with Gasteiger partial charge >= 0.3 is 12.2 Å². The van der Waals surface area contributed by atoms with Gasteiger partial charge < -0.3 is 14.4 Å². The summed E-state index contributed by atoms with van der Waals surface area (Å²) in [5.41, 5.74) is 1.12. The van der Waals surface area contributed by atoms with E-state index in [1.54, 1.807) is 18.2 Å². The van der Waals surface area contributed by atoms with E-state index in [4.69, 9.17) is 9.47 Å². The van der Waals surface area contributed by atoms with Crippen molar-refractivity contribution in [2.75, 3.05) is 25.2 Å². The molecule has 0 spiro atoms. The lowest BCUT2D eigenvalue weighted by molar-refractivity contribution is 0.0925. The summed E-state index contributed by atoms with van der Waals surface area (Å²) in [5, 5.41) is 28.9. The minimum Gasteiger partial charge on any atom is -0.449 e. The number of imide groups is 1. The second-order valence-electron chi connectivity index (χ2n) is 7.63. The Morgan fingerprint density at radius 1 is 1.03 bits per heavy atom. The first-order valence-corrected chi connectivity index (χ1v) is 10.5. The van der Waals surface area contributed by atoms with Gasteiger partial charge in [-0.25, -0.2) is 9.59 Å². The average Bonchev–Trinajstić information content (AvgIpc) is 3.00. The topological polar surface area (TPSA) is 130 Å². The summed E-state index contributed by atoms with van der Waals surface area (Å²) in [4.78, 5) is 27.6. The van der Waals surface area contributed by atoms with Gasteiger partial charge in [0.25, 0.3) is 0 Å². The van der Waals surface area contributed by atoms with Crippen molar-refractivity contribution >= 4 is 17.9 Å². The van der Waals surface area contributed by atoms with E-state index >= 15 is 0 Å². The molecule has 1 aromatic rings. The van der Waals surface area contributed by atoms with E-state index in [2.05, 4.69) is 0 Å². The summed E-state index contributed by atoms with van der Waals surface area (Å²) >= 11 is 0. The zero-order valence-electron chi connectivity index (χ0n) is 19.7.